The van der Waals surface area contributed by atoms with Gasteiger partial charge in [-0.15, -0.1) is 0 Å². The number of benzene rings is 2. The van der Waals surface area contributed by atoms with Crippen molar-refractivity contribution in [3.63, 3.8) is 0 Å². The van der Waals surface area contributed by atoms with Gasteiger partial charge in [-0.2, -0.15) is 0 Å². The zero-order valence-electron chi connectivity index (χ0n) is 10.9. The molecule has 0 aliphatic carbocycles. The highest BCUT2D eigenvalue weighted by molar-refractivity contribution is 6.34. The van der Waals surface area contributed by atoms with E-state index in [0.717, 1.165) is 5.56 Å². The molecule has 2 rings (SSSR count). The van der Waals surface area contributed by atoms with Crippen LogP contribution < -0.4 is 5.32 Å². The lowest BCUT2D eigenvalue weighted by Crippen LogP contribution is -2.09. The van der Waals surface area contributed by atoms with Crippen molar-refractivity contribution in [1.82, 2.24) is 0 Å². The molecule has 0 bridgehead atoms. The SMILES string of the molecule is O=C(/C=C/c1ccccc1)Nc1cc(C(=O)O)ccc1Cl. The van der Waals surface area contributed by atoms with Gasteiger partial charge in [-0.25, -0.2) is 4.79 Å². The fourth-order valence-electron chi connectivity index (χ4n) is 1.66. The highest BCUT2D eigenvalue weighted by Crippen LogP contribution is 2.23. The van der Waals surface area contributed by atoms with Gasteiger partial charge in [0.25, 0.3) is 0 Å². The summed E-state index contributed by atoms with van der Waals surface area (Å²) in [7, 11) is 0. The molecular formula is C16H12ClNO3. The summed E-state index contributed by atoms with van der Waals surface area (Å²) >= 11 is 5.93. The maximum atomic E-state index is 11.8. The first-order valence-electron chi connectivity index (χ1n) is 6.13. The van der Waals surface area contributed by atoms with Crippen molar-refractivity contribution in [1.29, 1.82) is 0 Å². The lowest BCUT2D eigenvalue weighted by atomic mass is 10.2. The number of anilines is 1. The molecule has 106 valence electrons. The van der Waals surface area contributed by atoms with Gasteiger partial charge in [0.15, 0.2) is 0 Å². The van der Waals surface area contributed by atoms with Crippen molar-refractivity contribution in [3.8, 4) is 0 Å². The number of amides is 1. The highest BCUT2D eigenvalue weighted by Gasteiger charge is 2.08. The molecule has 5 heteroatoms. The number of hydrogen-bond donors (Lipinski definition) is 2. The summed E-state index contributed by atoms with van der Waals surface area (Å²) < 4.78 is 0. The number of aromatic carboxylic acids is 1. The Morgan fingerprint density at radius 3 is 2.48 bits per heavy atom. The molecule has 0 spiro atoms. The highest BCUT2D eigenvalue weighted by atomic mass is 35.5. The van der Waals surface area contributed by atoms with E-state index in [1.807, 2.05) is 30.3 Å². The van der Waals surface area contributed by atoms with E-state index >= 15 is 0 Å². The molecule has 21 heavy (non-hydrogen) atoms. The van der Waals surface area contributed by atoms with Crippen LogP contribution in [0.25, 0.3) is 6.08 Å². The summed E-state index contributed by atoms with van der Waals surface area (Å²) in [6.07, 6.45) is 3.02. The Balaban J connectivity index is 2.11. The Hall–Kier alpha value is -2.59. The molecule has 2 aromatic carbocycles. The average molecular weight is 302 g/mol. The summed E-state index contributed by atoms with van der Waals surface area (Å²) in [6.45, 7) is 0. The third-order valence-electron chi connectivity index (χ3n) is 2.70. The topological polar surface area (TPSA) is 66.4 Å². The molecule has 2 N–H and O–H groups in total. The molecule has 0 aromatic heterocycles. The number of carbonyl (C=O) groups excluding carboxylic acids is 1. The van der Waals surface area contributed by atoms with Crippen LogP contribution in [0.15, 0.2) is 54.6 Å². The minimum atomic E-state index is -1.08. The van der Waals surface area contributed by atoms with E-state index in [9.17, 15) is 9.59 Å². The van der Waals surface area contributed by atoms with E-state index in [2.05, 4.69) is 5.32 Å². The zero-order valence-corrected chi connectivity index (χ0v) is 11.7. The lowest BCUT2D eigenvalue weighted by molar-refractivity contribution is -0.111. The normalized spacial score (nSPS) is 10.5. The molecule has 0 aliphatic rings. The van der Waals surface area contributed by atoms with Crippen LogP contribution in [0.5, 0.6) is 0 Å². The Labute approximate surface area is 126 Å². The second-order valence-corrected chi connectivity index (χ2v) is 4.64. The molecule has 0 heterocycles. The minimum Gasteiger partial charge on any atom is -0.478 e. The van der Waals surface area contributed by atoms with Gasteiger partial charge in [0.1, 0.15) is 0 Å². The van der Waals surface area contributed by atoms with Crippen molar-refractivity contribution in [2.75, 3.05) is 5.32 Å². The Bertz CT molecular complexity index is 696. The van der Waals surface area contributed by atoms with Crippen molar-refractivity contribution >= 4 is 35.2 Å². The second kappa shape index (κ2) is 6.72. The summed E-state index contributed by atoms with van der Waals surface area (Å²) in [6, 6.07) is 13.5. The molecular weight excluding hydrogens is 290 g/mol. The maximum absolute atomic E-state index is 11.8. The van der Waals surface area contributed by atoms with Crippen molar-refractivity contribution in [2.24, 2.45) is 0 Å². The van der Waals surface area contributed by atoms with Crippen LogP contribution in [-0.2, 0) is 4.79 Å². The van der Waals surface area contributed by atoms with E-state index in [1.54, 1.807) is 6.08 Å². The summed E-state index contributed by atoms with van der Waals surface area (Å²) in [5.41, 5.74) is 1.21. The van der Waals surface area contributed by atoms with Crippen LogP contribution in [0, 0.1) is 0 Å². The molecule has 0 atom stereocenters. The van der Waals surface area contributed by atoms with Gasteiger partial charge in [0.2, 0.25) is 5.91 Å². The van der Waals surface area contributed by atoms with Crippen LogP contribution in [-0.4, -0.2) is 17.0 Å². The van der Waals surface area contributed by atoms with Crippen LogP contribution in [0.4, 0.5) is 5.69 Å². The number of nitrogens with one attached hydrogen (secondary N) is 1. The average Bonchev–Trinajstić information content (AvgIpc) is 2.48. The van der Waals surface area contributed by atoms with Crippen molar-refractivity contribution in [2.45, 2.75) is 0 Å². The smallest absolute Gasteiger partial charge is 0.335 e. The van der Waals surface area contributed by atoms with Gasteiger partial charge in [-0.3, -0.25) is 4.79 Å². The fourth-order valence-corrected chi connectivity index (χ4v) is 1.83. The molecule has 4 nitrogen and oxygen atoms in total. The first kappa shape index (κ1) is 14.8. The summed E-state index contributed by atoms with van der Waals surface area (Å²) in [4.78, 5) is 22.7. The largest absolute Gasteiger partial charge is 0.478 e. The third kappa shape index (κ3) is 4.19. The van der Waals surface area contributed by atoms with E-state index in [1.165, 1.54) is 24.3 Å². The van der Waals surface area contributed by atoms with E-state index < -0.39 is 5.97 Å². The Morgan fingerprint density at radius 2 is 1.81 bits per heavy atom. The Morgan fingerprint density at radius 1 is 1.10 bits per heavy atom. The van der Waals surface area contributed by atoms with E-state index in [-0.39, 0.29) is 22.2 Å². The van der Waals surface area contributed by atoms with Gasteiger partial charge in [-0.1, -0.05) is 41.9 Å². The number of carboxylic acids is 1. The number of rotatable bonds is 4. The predicted molar refractivity (Wildman–Crippen MR) is 82.5 cm³/mol. The summed E-state index contributed by atoms with van der Waals surface area (Å²) in [5.74, 6) is -1.47. The zero-order chi connectivity index (χ0) is 15.2. The maximum Gasteiger partial charge on any atom is 0.335 e. The van der Waals surface area contributed by atoms with Crippen molar-refractivity contribution in [3.05, 3.63) is 70.8 Å². The molecule has 0 aliphatic heterocycles. The monoisotopic (exact) mass is 301 g/mol. The first-order chi connectivity index (χ1) is 10.1. The molecule has 0 fully saturated rings. The van der Waals surface area contributed by atoms with Crippen LogP contribution in [0.3, 0.4) is 0 Å². The molecule has 0 unspecified atom stereocenters. The second-order valence-electron chi connectivity index (χ2n) is 4.23. The number of halogens is 1. The van der Waals surface area contributed by atoms with E-state index in [4.69, 9.17) is 16.7 Å². The van der Waals surface area contributed by atoms with Gasteiger partial charge >= 0.3 is 5.97 Å². The van der Waals surface area contributed by atoms with E-state index in [0.29, 0.717) is 0 Å². The quantitative estimate of drug-likeness (QED) is 0.846. The van der Waals surface area contributed by atoms with Gasteiger partial charge in [0.05, 0.1) is 16.3 Å². The summed E-state index contributed by atoms with van der Waals surface area (Å²) in [5, 5.41) is 11.8. The van der Waals surface area contributed by atoms with Crippen LogP contribution in [0.1, 0.15) is 15.9 Å². The number of hydrogen-bond acceptors (Lipinski definition) is 2. The minimum absolute atomic E-state index is 0.0572. The van der Waals surface area contributed by atoms with Gasteiger partial charge < -0.3 is 10.4 Å². The molecule has 2 aromatic rings. The fraction of sp³-hybridized carbons (Fsp3) is 0. The first-order valence-corrected chi connectivity index (χ1v) is 6.51. The molecule has 0 saturated heterocycles. The Kier molecular flexibility index (Phi) is 4.74. The lowest BCUT2D eigenvalue weighted by Gasteiger charge is -2.06. The molecule has 0 saturated carbocycles. The standard InChI is InChI=1S/C16H12ClNO3/c17-13-8-7-12(16(20)21)10-14(13)18-15(19)9-6-11-4-2-1-3-5-11/h1-10H,(H,18,19)(H,20,21)/b9-6+. The van der Waals surface area contributed by atoms with Gasteiger partial charge in [-0.05, 0) is 29.8 Å². The van der Waals surface area contributed by atoms with Crippen molar-refractivity contribution < 1.29 is 14.7 Å². The van der Waals surface area contributed by atoms with Gasteiger partial charge in [0, 0.05) is 6.08 Å². The molecule has 0 radical (unpaired) electrons. The number of carboxylic acid groups (broad SMARTS) is 1. The van der Waals surface area contributed by atoms with Crippen LogP contribution in [0.2, 0.25) is 5.02 Å². The molecule has 1 amide bonds. The predicted octanol–water partition coefficient (Wildman–Crippen LogP) is 3.69. The number of carbonyl (C=O) groups is 2. The van der Waals surface area contributed by atoms with Crippen LogP contribution >= 0.6 is 11.6 Å². The third-order valence-corrected chi connectivity index (χ3v) is 3.03.